The van der Waals surface area contributed by atoms with Crippen LogP contribution in [0.4, 0.5) is 0 Å². The molecule has 0 bridgehead atoms. The minimum absolute atomic E-state index is 1.12. The van der Waals surface area contributed by atoms with E-state index in [2.05, 4.69) is 36.4 Å². The van der Waals surface area contributed by atoms with Gasteiger partial charge in [-0.25, -0.2) is 0 Å². The van der Waals surface area contributed by atoms with Crippen LogP contribution in [0.3, 0.4) is 0 Å². The molecule has 0 heteroatoms. The van der Waals surface area contributed by atoms with Gasteiger partial charge in [0.2, 0.25) is 0 Å². The lowest BCUT2D eigenvalue weighted by Gasteiger charge is -2.02. The van der Waals surface area contributed by atoms with Gasteiger partial charge in [0.25, 0.3) is 0 Å². The summed E-state index contributed by atoms with van der Waals surface area (Å²) in [7, 11) is 0. The molecule has 0 atom stereocenters. The van der Waals surface area contributed by atoms with Crippen LogP contribution in [-0.4, -0.2) is 0 Å². The normalized spacial score (nSPS) is 15.6. The number of benzene rings is 1. The number of rotatable bonds is 0. The predicted molar refractivity (Wildman–Crippen MR) is 47.6 cm³/mol. The second-order valence-electron chi connectivity index (χ2n) is 2.98. The third-order valence-electron chi connectivity index (χ3n) is 2.20. The van der Waals surface area contributed by atoms with E-state index in [4.69, 9.17) is 0 Å². The van der Waals surface area contributed by atoms with E-state index in [1.807, 2.05) is 0 Å². The van der Waals surface area contributed by atoms with Crippen LogP contribution in [0.5, 0.6) is 0 Å². The van der Waals surface area contributed by atoms with Gasteiger partial charge in [-0.3, -0.25) is 0 Å². The van der Waals surface area contributed by atoms with Gasteiger partial charge < -0.3 is 0 Å². The average molecular weight is 144 g/mol. The first kappa shape index (κ1) is 6.66. The van der Waals surface area contributed by atoms with Crippen molar-refractivity contribution in [1.82, 2.24) is 0 Å². The summed E-state index contributed by atoms with van der Waals surface area (Å²) < 4.78 is 0. The molecule has 56 valence electrons. The first-order valence-corrected chi connectivity index (χ1v) is 4.18. The van der Waals surface area contributed by atoms with Crippen molar-refractivity contribution in [2.24, 2.45) is 0 Å². The zero-order valence-electron chi connectivity index (χ0n) is 6.59. The van der Waals surface area contributed by atoms with Crippen LogP contribution in [0, 0.1) is 0 Å². The molecule has 1 aliphatic rings. The third kappa shape index (κ3) is 1.35. The highest BCUT2D eigenvalue weighted by atomic mass is 14.1. The zero-order valence-corrected chi connectivity index (χ0v) is 6.59. The molecule has 0 fully saturated rings. The van der Waals surface area contributed by atoms with Gasteiger partial charge in [-0.15, -0.1) is 0 Å². The standard InChI is InChI=1S/C11H12/c1-2-6-10-8-4-5-9-11(10)7-3-1/h1-2,4-5,8-9H,3,6-7H2. The molecule has 0 heterocycles. The van der Waals surface area contributed by atoms with Crippen molar-refractivity contribution in [2.45, 2.75) is 19.3 Å². The highest BCUT2D eigenvalue weighted by molar-refractivity contribution is 5.30. The fraction of sp³-hybridized carbons (Fsp3) is 0.273. The molecule has 0 aliphatic heterocycles. The Morgan fingerprint density at radius 1 is 0.909 bits per heavy atom. The highest BCUT2D eigenvalue weighted by Crippen LogP contribution is 2.15. The van der Waals surface area contributed by atoms with Gasteiger partial charge in [0.15, 0.2) is 0 Å². The van der Waals surface area contributed by atoms with E-state index in [-0.39, 0.29) is 0 Å². The van der Waals surface area contributed by atoms with E-state index < -0.39 is 0 Å². The molecule has 11 heavy (non-hydrogen) atoms. The molecule has 0 radical (unpaired) electrons. The van der Waals surface area contributed by atoms with Crippen LogP contribution < -0.4 is 0 Å². The van der Waals surface area contributed by atoms with Gasteiger partial charge in [-0.05, 0) is 30.4 Å². The third-order valence-corrected chi connectivity index (χ3v) is 2.20. The quantitative estimate of drug-likeness (QED) is 0.491. The lowest BCUT2D eigenvalue weighted by molar-refractivity contribution is 1.00. The van der Waals surface area contributed by atoms with Crippen LogP contribution in [0.25, 0.3) is 0 Å². The van der Waals surface area contributed by atoms with Gasteiger partial charge in [-0.1, -0.05) is 36.4 Å². The van der Waals surface area contributed by atoms with Gasteiger partial charge in [0.1, 0.15) is 0 Å². The van der Waals surface area contributed by atoms with Crippen LogP contribution in [0.15, 0.2) is 36.4 Å². The molecule has 0 N–H and O–H groups in total. The molecule has 0 saturated carbocycles. The topological polar surface area (TPSA) is 0 Å². The van der Waals surface area contributed by atoms with E-state index in [9.17, 15) is 0 Å². The zero-order chi connectivity index (χ0) is 7.52. The Balaban J connectivity index is 2.40. The maximum atomic E-state index is 2.28. The summed E-state index contributed by atoms with van der Waals surface area (Å²) in [6, 6.07) is 8.72. The predicted octanol–water partition coefficient (Wildman–Crippen LogP) is 2.73. The smallest absolute Gasteiger partial charge is 0.00947 e. The van der Waals surface area contributed by atoms with E-state index in [0.717, 1.165) is 6.42 Å². The Hall–Kier alpha value is -1.04. The summed E-state index contributed by atoms with van der Waals surface area (Å²) in [4.78, 5) is 0. The Labute approximate surface area is 67.6 Å². The van der Waals surface area contributed by atoms with Crippen molar-refractivity contribution in [3.8, 4) is 0 Å². The first-order valence-electron chi connectivity index (χ1n) is 4.18. The molecule has 1 aromatic rings. The number of aryl methyl sites for hydroxylation is 1. The number of hydrogen-bond acceptors (Lipinski definition) is 0. The van der Waals surface area contributed by atoms with E-state index in [1.54, 1.807) is 0 Å². The Morgan fingerprint density at radius 2 is 1.73 bits per heavy atom. The number of fused-ring (bicyclic) bond motifs is 1. The van der Waals surface area contributed by atoms with Crippen molar-refractivity contribution in [3.63, 3.8) is 0 Å². The summed E-state index contributed by atoms with van der Waals surface area (Å²) in [5, 5.41) is 0. The second kappa shape index (κ2) is 2.91. The lowest BCUT2D eigenvalue weighted by atomic mass is 10.0. The molecular formula is C11H12. The Bertz CT molecular complexity index is 271. The van der Waals surface area contributed by atoms with Crippen LogP contribution in [0.2, 0.25) is 0 Å². The minimum atomic E-state index is 1.12. The molecule has 1 aliphatic carbocycles. The van der Waals surface area contributed by atoms with E-state index in [0.29, 0.717) is 0 Å². The second-order valence-corrected chi connectivity index (χ2v) is 2.98. The summed E-state index contributed by atoms with van der Waals surface area (Å²) >= 11 is 0. The van der Waals surface area contributed by atoms with Crippen molar-refractivity contribution < 1.29 is 0 Å². The van der Waals surface area contributed by atoms with Gasteiger partial charge in [0, 0.05) is 0 Å². The van der Waals surface area contributed by atoms with E-state index in [1.165, 1.54) is 24.0 Å². The number of hydrogen-bond donors (Lipinski definition) is 0. The Morgan fingerprint density at radius 3 is 2.64 bits per heavy atom. The largest absolute Gasteiger partial charge is 0.0879 e. The van der Waals surface area contributed by atoms with Crippen molar-refractivity contribution in [2.75, 3.05) is 0 Å². The summed E-state index contributed by atoms with van der Waals surface area (Å²) in [6.07, 6.45) is 8.09. The van der Waals surface area contributed by atoms with Crippen molar-refractivity contribution >= 4 is 0 Å². The molecule has 2 rings (SSSR count). The van der Waals surface area contributed by atoms with Gasteiger partial charge >= 0.3 is 0 Å². The maximum absolute atomic E-state index is 2.28. The molecule has 0 unspecified atom stereocenters. The summed E-state index contributed by atoms with van der Waals surface area (Å²) in [5.74, 6) is 0. The molecule has 0 spiro atoms. The first-order chi connectivity index (χ1) is 5.47. The maximum Gasteiger partial charge on any atom is -0.00947 e. The minimum Gasteiger partial charge on any atom is -0.0879 e. The fourth-order valence-electron chi connectivity index (χ4n) is 1.57. The molecule has 0 saturated heterocycles. The van der Waals surface area contributed by atoms with Crippen molar-refractivity contribution in [1.29, 1.82) is 0 Å². The molecule has 0 aromatic heterocycles. The fourth-order valence-corrected chi connectivity index (χ4v) is 1.57. The van der Waals surface area contributed by atoms with Crippen LogP contribution >= 0.6 is 0 Å². The van der Waals surface area contributed by atoms with Crippen molar-refractivity contribution in [3.05, 3.63) is 47.5 Å². The SMILES string of the molecule is C1=CCc2ccccc2CC1. The Kier molecular flexibility index (Phi) is 1.76. The monoisotopic (exact) mass is 144 g/mol. The average Bonchev–Trinajstić information content (AvgIpc) is 2.28. The van der Waals surface area contributed by atoms with E-state index >= 15 is 0 Å². The van der Waals surface area contributed by atoms with Gasteiger partial charge in [0.05, 0.1) is 0 Å². The number of allylic oxidation sites excluding steroid dienone is 2. The summed E-state index contributed by atoms with van der Waals surface area (Å²) in [6.45, 7) is 0. The van der Waals surface area contributed by atoms with Gasteiger partial charge in [-0.2, -0.15) is 0 Å². The molecule has 0 nitrogen and oxygen atoms in total. The molecule has 0 amide bonds. The van der Waals surface area contributed by atoms with Crippen LogP contribution in [-0.2, 0) is 12.8 Å². The lowest BCUT2D eigenvalue weighted by Crippen LogP contribution is -1.88. The molecular weight excluding hydrogens is 132 g/mol. The summed E-state index contributed by atoms with van der Waals surface area (Å²) in [5.41, 5.74) is 3.03. The van der Waals surface area contributed by atoms with Crippen LogP contribution in [0.1, 0.15) is 17.5 Å². The highest BCUT2D eigenvalue weighted by Gasteiger charge is 2.01. The molecule has 1 aromatic carbocycles.